The lowest BCUT2D eigenvalue weighted by Crippen LogP contribution is -2.41. The number of hydrazine groups is 1. The van der Waals surface area contributed by atoms with Crippen LogP contribution in [0.4, 0.5) is 11.4 Å². The van der Waals surface area contributed by atoms with Gasteiger partial charge in [0.25, 0.3) is 5.69 Å². The molecule has 2 aliphatic rings. The van der Waals surface area contributed by atoms with Crippen LogP contribution in [0.1, 0.15) is 5.69 Å². The predicted octanol–water partition coefficient (Wildman–Crippen LogP) is -0.102. The van der Waals surface area contributed by atoms with Gasteiger partial charge in [0.05, 0.1) is 16.3 Å². The van der Waals surface area contributed by atoms with Crippen molar-refractivity contribution in [2.24, 2.45) is 5.73 Å². The number of nitrogens with zero attached hydrogens (tertiary/aromatic N) is 3. The van der Waals surface area contributed by atoms with Crippen molar-refractivity contribution in [1.82, 2.24) is 25.7 Å². The van der Waals surface area contributed by atoms with Gasteiger partial charge in [0, 0.05) is 30.0 Å². The number of non-ortho nitro benzene ring substituents is 1. The molecule has 1 aliphatic carbocycles. The van der Waals surface area contributed by atoms with Crippen molar-refractivity contribution in [3.63, 3.8) is 0 Å². The number of nitro groups is 1. The van der Waals surface area contributed by atoms with Gasteiger partial charge in [0.15, 0.2) is 5.11 Å². The van der Waals surface area contributed by atoms with Crippen molar-refractivity contribution in [1.29, 1.82) is 0 Å². The van der Waals surface area contributed by atoms with Crippen LogP contribution in [0.5, 0.6) is 5.88 Å². The van der Waals surface area contributed by atoms with E-state index in [4.69, 9.17) is 18.0 Å². The molecule has 0 aromatic heterocycles. The summed E-state index contributed by atoms with van der Waals surface area (Å²) in [5.41, 5.74) is 9.75. The van der Waals surface area contributed by atoms with E-state index in [9.17, 15) is 30.7 Å². The number of aliphatic hydroxyl groups is 1. The summed E-state index contributed by atoms with van der Waals surface area (Å²) in [7, 11) is 0. The van der Waals surface area contributed by atoms with Crippen LogP contribution in [0, 0.1) is 20.5 Å². The fourth-order valence-electron chi connectivity index (χ4n) is 2.61. The Morgan fingerprint density at radius 1 is 1.16 bits per heavy atom. The molecule has 0 radical (unpaired) electrons. The number of nitrogens with two attached hydrogens (primary N) is 1. The number of aromatic nitrogens is 2. The van der Waals surface area contributed by atoms with Gasteiger partial charge in [0.1, 0.15) is 11.4 Å². The van der Waals surface area contributed by atoms with Gasteiger partial charge in [-0.1, -0.05) is 6.07 Å². The zero-order valence-electron chi connectivity index (χ0n) is 15.9. The number of hydrogen-bond acceptors (Lipinski definition) is 10. The highest BCUT2D eigenvalue weighted by molar-refractivity contribution is 7.80. The maximum atomic E-state index is 12.6. The molecule has 0 spiro atoms. The molecule has 14 nitrogen and oxygen atoms in total. The molecule has 166 valence electrons. The molecule has 0 unspecified atom stereocenters. The summed E-state index contributed by atoms with van der Waals surface area (Å²) in [5, 5.41) is 58.1. The van der Waals surface area contributed by atoms with Crippen LogP contribution < -0.4 is 37.3 Å². The molecule has 1 aromatic rings. The van der Waals surface area contributed by atoms with Gasteiger partial charge in [0.2, 0.25) is 11.2 Å². The third-order valence-electron chi connectivity index (χ3n) is 3.99. The molecule has 32 heavy (non-hydrogen) atoms. The molecule has 0 fully saturated rings. The van der Waals surface area contributed by atoms with Gasteiger partial charge in [-0.25, -0.2) is 4.98 Å². The van der Waals surface area contributed by atoms with Crippen molar-refractivity contribution in [2.45, 2.75) is 0 Å². The van der Waals surface area contributed by atoms with Gasteiger partial charge in [-0.2, -0.15) is 4.90 Å². The second kappa shape index (κ2) is 8.92. The Kier molecular flexibility index (Phi) is 6.11. The number of benzene rings is 2. The van der Waals surface area contributed by atoms with Crippen molar-refractivity contribution < 1.29 is 15.1 Å². The molecule has 15 heteroatoms. The van der Waals surface area contributed by atoms with E-state index < -0.39 is 21.6 Å². The summed E-state index contributed by atoms with van der Waals surface area (Å²) in [6.45, 7) is 0. The minimum absolute atomic E-state index is 0.0979. The fourth-order valence-corrected chi connectivity index (χ4v) is 2.66. The summed E-state index contributed by atoms with van der Waals surface area (Å²) in [6.07, 6.45) is 0. The first-order chi connectivity index (χ1) is 15.2. The third-order valence-corrected chi connectivity index (χ3v) is 4.09. The van der Waals surface area contributed by atoms with E-state index in [0.717, 1.165) is 12.1 Å². The number of fused-ring (bicyclic) bond motifs is 1. The van der Waals surface area contributed by atoms with Crippen LogP contribution in [0.15, 0.2) is 48.3 Å². The maximum Gasteiger partial charge on any atom is 0.271 e. The second-order valence-electron chi connectivity index (χ2n) is 6.14. The number of aliphatic hydroxyl groups excluding tert-OH is 1. The SMILES string of the molecule is NC(=S)NNC(=C(O)Nc1cccc([N+](=O)[O-])c1)c1nc2ccc(=[N+]([O-])[O-])cc-2[nH]c1[O-]. The van der Waals surface area contributed by atoms with E-state index in [-0.39, 0.29) is 44.6 Å². The van der Waals surface area contributed by atoms with E-state index in [2.05, 4.69) is 26.1 Å². The minimum Gasteiger partial charge on any atom is -0.859 e. The monoisotopic (exact) mass is 458 g/mol. The Labute approximate surface area is 184 Å². The van der Waals surface area contributed by atoms with Gasteiger partial charge >= 0.3 is 0 Å². The zero-order valence-corrected chi connectivity index (χ0v) is 16.7. The average molecular weight is 458 g/mol. The largest absolute Gasteiger partial charge is 0.859 e. The van der Waals surface area contributed by atoms with E-state index >= 15 is 0 Å². The first-order valence-corrected chi connectivity index (χ1v) is 9.01. The number of rotatable bonds is 6. The van der Waals surface area contributed by atoms with Crippen molar-refractivity contribution >= 4 is 34.4 Å². The summed E-state index contributed by atoms with van der Waals surface area (Å²) in [4.78, 5) is 16.3. The Morgan fingerprint density at radius 3 is 2.56 bits per heavy atom. The average Bonchev–Trinajstić information content (AvgIpc) is 2.73. The van der Waals surface area contributed by atoms with Crippen LogP contribution in [0.3, 0.4) is 0 Å². The number of nitrogens with one attached hydrogen (secondary N) is 4. The Hall–Kier alpha value is -4.79. The number of hydrogen-bond donors (Lipinski definition) is 6. The first kappa shape index (κ1) is 21.9. The van der Waals surface area contributed by atoms with Crippen molar-refractivity contribution in [3.05, 3.63) is 79.9 Å². The van der Waals surface area contributed by atoms with Crippen LogP contribution in [0.25, 0.3) is 17.1 Å². The lowest BCUT2D eigenvalue weighted by molar-refractivity contribution is -0.384. The molecule has 0 saturated carbocycles. The highest BCUT2D eigenvalue weighted by Crippen LogP contribution is 2.26. The van der Waals surface area contributed by atoms with Crippen LogP contribution in [0.2, 0.25) is 0 Å². The Morgan fingerprint density at radius 2 is 1.91 bits per heavy atom. The summed E-state index contributed by atoms with van der Waals surface area (Å²) in [5.74, 6) is -1.45. The molecule has 0 atom stereocenters. The predicted molar refractivity (Wildman–Crippen MR) is 116 cm³/mol. The van der Waals surface area contributed by atoms with Crippen LogP contribution in [-0.4, -0.2) is 25.1 Å². The van der Waals surface area contributed by atoms with Crippen LogP contribution >= 0.6 is 12.2 Å². The highest BCUT2D eigenvalue weighted by Gasteiger charge is 2.17. The Balaban J connectivity index is 2.10. The van der Waals surface area contributed by atoms with E-state index in [1.165, 1.54) is 30.3 Å². The smallest absolute Gasteiger partial charge is 0.271 e. The number of aromatic amines is 1. The molecule has 7 N–H and O–H groups in total. The molecule has 3 rings (SSSR count). The molecule has 0 saturated heterocycles. The standard InChI is InChI=1S/C17H15N8O6S/c18-17(32)23-22-14(16(27)19-8-2-1-3-9(6-8)24(28)29)13-15(26)21-12-7-10(25(30)31)4-5-11(12)20-13/h1-7,19,21-22H,(H5-,18,20,23,26,27,30,31,32)/q-1/p-1. The van der Waals surface area contributed by atoms with E-state index in [1.54, 1.807) is 0 Å². The summed E-state index contributed by atoms with van der Waals surface area (Å²) < 4.78 is 0. The van der Waals surface area contributed by atoms with E-state index in [0.29, 0.717) is 0 Å². The van der Waals surface area contributed by atoms with Crippen molar-refractivity contribution in [3.8, 4) is 17.3 Å². The number of thiocarbonyl (C=S) groups is 1. The normalized spacial score (nSPS) is 11.4. The second-order valence-corrected chi connectivity index (χ2v) is 6.58. The summed E-state index contributed by atoms with van der Waals surface area (Å²) in [6, 6.07) is 8.90. The quantitative estimate of drug-likeness (QED) is 0.123. The molecular weight excluding hydrogens is 444 g/mol. The molecule has 1 aromatic carbocycles. The Bertz CT molecular complexity index is 1270. The van der Waals surface area contributed by atoms with Gasteiger partial charge in [-0.3, -0.25) is 21.0 Å². The lowest BCUT2D eigenvalue weighted by Gasteiger charge is -2.21. The third kappa shape index (κ3) is 4.85. The number of anilines is 1. The molecule has 0 amide bonds. The first-order valence-electron chi connectivity index (χ1n) is 8.60. The van der Waals surface area contributed by atoms with Gasteiger partial charge < -0.3 is 36.7 Å². The molecule has 0 bridgehead atoms. The maximum absolute atomic E-state index is 12.6. The molecule has 1 heterocycles. The zero-order chi connectivity index (χ0) is 23.4. The van der Waals surface area contributed by atoms with Gasteiger partial charge in [-0.05, 0) is 30.2 Å². The highest BCUT2D eigenvalue weighted by atomic mass is 32.1. The minimum atomic E-state index is -0.808. The molecule has 1 aliphatic heterocycles. The molecular formula is C17H14N8O6S-2. The number of H-pyrrole nitrogens is 1. The topological polar surface area (TPSA) is 226 Å². The fraction of sp³-hybridized carbons (Fsp3) is 0. The van der Waals surface area contributed by atoms with Gasteiger partial charge in [-0.15, -0.1) is 0 Å². The summed E-state index contributed by atoms with van der Waals surface area (Å²) >= 11 is 4.71. The van der Waals surface area contributed by atoms with E-state index in [1.807, 2.05) is 0 Å². The van der Waals surface area contributed by atoms with Crippen LogP contribution in [-0.2, 0) is 0 Å². The van der Waals surface area contributed by atoms with Crippen molar-refractivity contribution in [2.75, 3.05) is 5.32 Å². The number of nitro benzene ring substituents is 1. The lowest BCUT2D eigenvalue weighted by atomic mass is 10.2.